The van der Waals surface area contributed by atoms with Crippen LogP contribution in [0.25, 0.3) is 0 Å². The van der Waals surface area contributed by atoms with Crippen LogP contribution >= 0.6 is 22.9 Å². The summed E-state index contributed by atoms with van der Waals surface area (Å²) in [5.74, 6) is -0.442. The molecule has 1 fully saturated rings. The molecule has 1 aromatic heterocycles. The number of fused-ring (bicyclic) bond motifs is 1. The van der Waals surface area contributed by atoms with Crippen molar-refractivity contribution in [3.63, 3.8) is 0 Å². The van der Waals surface area contributed by atoms with Crippen LogP contribution in [-0.2, 0) is 12.8 Å². The summed E-state index contributed by atoms with van der Waals surface area (Å²) >= 11 is 7.89. The van der Waals surface area contributed by atoms with E-state index in [2.05, 4.69) is 0 Å². The van der Waals surface area contributed by atoms with E-state index in [-0.39, 0.29) is 16.5 Å². The van der Waals surface area contributed by atoms with E-state index in [4.69, 9.17) is 16.6 Å². The molecule has 0 N–H and O–H groups in total. The molecule has 2 aromatic rings. The zero-order chi connectivity index (χ0) is 17.4. The van der Waals surface area contributed by atoms with Gasteiger partial charge in [-0.25, -0.2) is 9.37 Å². The quantitative estimate of drug-likeness (QED) is 0.749. The maximum Gasteiger partial charge on any atom is 0.258 e. The van der Waals surface area contributed by atoms with Crippen LogP contribution in [-0.4, -0.2) is 28.9 Å². The molecule has 1 aromatic carbocycles. The molecule has 1 aliphatic carbocycles. The first-order chi connectivity index (χ1) is 12.1. The van der Waals surface area contributed by atoms with E-state index in [1.54, 1.807) is 11.0 Å². The van der Waals surface area contributed by atoms with E-state index in [0.717, 1.165) is 25.7 Å². The van der Waals surface area contributed by atoms with Crippen molar-refractivity contribution < 1.29 is 9.18 Å². The lowest BCUT2D eigenvalue weighted by molar-refractivity contribution is 0.0708. The van der Waals surface area contributed by atoms with Crippen molar-refractivity contribution in [3.05, 3.63) is 50.2 Å². The SMILES string of the molecule is O=C(c1c(F)cccc1Cl)N1CCC(c2nc3c(s2)CCCC3)CC1. The van der Waals surface area contributed by atoms with Gasteiger partial charge in [0.25, 0.3) is 5.91 Å². The lowest BCUT2D eigenvalue weighted by atomic mass is 9.96. The fourth-order valence-electron chi connectivity index (χ4n) is 3.74. The number of piperidine rings is 1. The first-order valence-corrected chi connectivity index (χ1v) is 10.0. The Bertz CT molecular complexity index is 755. The van der Waals surface area contributed by atoms with E-state index in [0.29, 0.717) is 19.0 Å². The van der Waals surface area contributed by atoms with Crippen LogP contribution in [0.4, 0.5) is 4.39 Å². The van der Waals surface area contributed by atoms with Crippen molar-refractivity contribution in [1.82, 2.24) is 9.88 Å². The Morgan fingerprint density at radius 3 is 2.72 bits per heavy atom. The fraction of sp³-hybridized carbons (Fsp3) is 0.474. The van der Waals surface area contributed by atoms with Gasteiger partial charge in [-0.1, -0.05) is 17.7 Å². The van der Waals surface area contributed by atoms with Crippen LogP contribution in [0.2, 0.25) is 5.02 Å². The molecule has 3 nitrogen and oxygen atoms in total. The molecule has 0 unspecified atom stereocenters. The number of likely N-dealkylation sites (tertiary alicyclic amines) is 1. The van der Waals surface area contributed by atoms with Gasteiger partial charge in [-0.2, -0.15) is 0 Å². The van der Waals surface area contributed by atoms with E-state index in [1.807, 2.05) is 11.3 Å². The molecular formula is C19H20ClFN2OS. The van der Waals surface area contributed by atoms with Crippen molar-refractivity contribution >= 4 is 28.8 Å². The largest absolute Gasteiger partial charge is 0.338 e. The van der Waals surface area contributed by atoms with Gasteiger partial charge < -0.3 is 4.90 Å². The Hall–Kier alpha value is -1.46. The summed E-state index contributed by atoms with van der Waals surface area (Å²) in [4.78, 5) is 20.7. The van der Waals surface area contributed by atoms with Gasteiger partial charge >= 0.3 is 0 Å². The third-order valence-corrected chi connectivity index (χ3v) is 6.81. The Morgan fingerprint density at radius 1 is 1.24 bits per heavy atom. The van der Waals surface area contributed by atoms with E-state index >= 15 is 0 Å². The number of thiazole rings is 1. The van der Waals surface area contributed by atoms with Crippen molar-refractivity contribution in [3.8, 4) is 0 Å². The minimum absolute atomic E-state index is 0.00710. The third kappa shape index (κ3) is 3.32. The van der Waals surface area contributed by atoms with Gasteiger partial charge in [-0.15, -0.1) is 11.3 Å². The number of halogens is 2. The van der Waals surface area contributed by atoms with Gasteiger partial charge in [0.15, 0.2) is 0 Å². The number of amides is 1. The van der Waals surface area contributed by atoms with Gasteiger partial charge in [-0.3, -0.25) is 4.79 Å². The molecule has 2 aliphatic rings. The molecule has 1 saturated heterocycles. The number of aromatic nitrogens is 1. The van der Waals surface area contributed by atoms with Crippen molar-refractivity contribution in [2.45, 2.75) is 44.4 Å². The highest BCUT2D eigenvalue weighted by Gasteiger charge is 2.29. The van der Waals surface area contributed by atoms with E-state index in [9.17, 15) is 9.18 Å². The molecule has 4 rings (SSSR count). The molecule has 132 valence electrons. The minimum Gasteiger partial charge on any atom is -0.338 e. The number of carbonyl (C=O) groups is 1. The van der Waals surface area contributed by atoms with E-state index < -0.39 is 5.82 Å². The summed E-state index contributed by atoms with van der Waals surface area (Å²) < 4.78 is 14.0. The van der Waals surface area contributed by atoms with Crippen LogP contribution in [0.1, 0.15) is 57.5 Å². The van der Waals surface area contributed by atoms with Gasteiger partial charge in [0, 0.05) is 23.9 Å². The van der Waals surface area contributed by atoms with Gasteiger partial charge in [-0.05, 0) is 50.7 Å². The summed E-state index contributed by atoms with van der Waals surface area (Å²) in [5, 5.41) is 1.41. The Labute approximate surface area is 155 Å². The van der Waals surface area contributed by atoms with Crippen LogP contribution in [0, 0.1) is 5.82 Å². The molecule has 6 heteroatoms. The summed E-state index contributed by atoms with van der Waals surface area (Å²) in [6.07, 6.45) is 6.54. The van der Waals surface area contributed by atoms with Crippen LogP contribution in [0.5, 0.6) is 0 Å². The summed E-state index contributed by atoms with van der Waals surface area (Å²) in [7, 11) is 0. The summed E-state index contributed by atoms with van der Waals surface area (Å²) in [5.41, 5.74) is 1.29. The van der Waals surface area contributed by atoms with Crippen LogP contribution in [0.15, 0.2) is 18.2 Å². The number of hydrogen-bond acceptors (Lipinski definition) is 3. The normalized spacial score (nSPS) is 18.2. The topological polar surface area (TPSA) is 33.2 Å². The number of benzene rings is 1. The molecule has 0 bridgehead atoms. The number of hydrogen-bond donors (Lipinski definition) is 0. The number of aryl methyl sites for hydroxylation is 2. The van der Waals surface area contributed by atoms with Gasteiger partial charge in [0.05, 0.1) is 21.3 Å². The lowest BCUT2D eigenvalue weighted by Gasteiger charge is -2.31. The standard InChI is InChI=1S/C19H20ClFN2OS/c20-13-4-3-5-14(21)17(13)19(24)23-10-8-12(9-11-23)18-22-15-6-1-2-7-16(15)25-18/h3-5,12H,1-2,6-11H2. The fourth-order valence-corrected chi connectivity index (χ4v) is 5.30. The highest BCUT2D eigenvalue weighted by Crippen LogP contribution is 2.36. The molecule has 0 radical (unpaired) electrons. The zero-order valence-corrected chi connectivity index (χ0v) is 15.5. The average molecular weight is 379 g/mol. The number of carbonyl (C=O) groups excluding carboxylic acids is 1. The highest BCUT2D eigenvalue weighted by atomic mass is 35.5. The van der Waals surface area contributed by atoms with Gasteiger partial charge in [0.2, 0.25) is 0 Å². The zero-order valence-electron chi connectivity index (χ0n) is 13.9. The van der Waals surface area contributed by atoms with E-state index in [1.165, 1.54) is 40.6 Å². The van der Waals surface area contributed by atoms with Gasteiger partial charge in [0.1, 0.15) is 5.82 Å². The Kier molecular flexibility index (Phi) is 4.78. The molecule has 0 spiro atoms. The Morgan fingerprint density at radius 2 is 2.00 bits per heavy atom. The average Bonchev–Trinajstić information content (AvgIpc) is 3.06. The molecule has 1 amide bonds. The minimum atomic E-state index is -0.549. The highest BCUT2D eigenvalue weighted by molar-refractivity contribution is 7.11. The Balaban J connectivity index is 1.44. The predicted octanol–water partition coefficient (Wildman–Crippen LogP) is 4.83. The molecule has 1 aliphatic heterocycles. The lowest BCUT2D eigenvalue weighted by Crippen LogP contribution is -2.38. The number of rotatable bonds is 2. The summed E-state index contributed by atoms with van der Waals surface area (Å²) in [6.45, 7) is 1.25. The molecule has 0 saturated carbocycles. The molecule has 2 heterocycles. The van der Waals surface area contributed by atoms with Crippen molar-refractivity contribution in [2.24, 2.45) is 0 Å². The monoisotopic (exact) mass is 378 g/mol. The van der Waals surface area contributed by atoms with Crippen LogP contribution in [0.3, 0.4) is 0 Å². The first-order valence-electron chi connectivity index (χ1n) is 8.85. The third-order valence-electron chi connectivity index (χ3n) is 5.17. The maximum atomic E-state index is 14.0. The smallest absolute Gasteiger partial charge is 0.258 e. The molecular weight excluding hydrogens is 359 g/mol. The van der Waals surface area contributed by atoms with Crippen molar-refractivity contribution in [2.75, 3.05) is 13.1 Å². The number of nitrogens with zero attached hydrogens (tertiary/aromatic N) is 2. The second-order valence-corrected chi connectivity index (χ2v) is 8.31. The van der Waals surface area contributed by atoms with Crippen LogP contribution < -0.4 is 0 Å². The predicted molar refractivity (Wildman–Crippen MR) is 98.0 cm³/mol. The maximum absolute atomic E-state index is 14.0. The molecule has 0 atom stereocenters. The first kappa shape index (κ1) is 17.0. The summed E-state index contributed by atoms with van der Waals surface area (Å²) in [6, 6.07) is 4.36. The molecule has 25 heavy (non-hydrogen) atoms. The second kappa shape index (κ2) is 7.04. The second-order valence-electron chi connectivity index (χ2n) is 6.79. The van der Waals surface area contributed by atoms with Crippen molar-refractivity contribution in [1.29, 1.82) is 0 Å².